The van der Waals surface area contributed by atoms with Gasteiger partial charge in [0.15, 0.2) is 35.3 Å². The van der Waals surface area contributed by atoms with Crippen LogP contribution in [-0.4, -0.2) is 94.5 Å². The Morgan fingerprint density at radius 2 is 1.13 bits per heavy atom. The first-order valence-electron chi connectivity index (χ1n) is 19.1. The largest absolute Gasteiger partial charge is 0.491 e. The van der Waals surface area contributed by atoms with Gasteiger partial charge >= 0.3 is 0 Å². The number of hydrogen-bond acceptors (Lipinski definition) is 10. The maximum Gasteiger partial charge on any atom is 0.276 e. The van der Waals surface area contributed by atoms with E-state index < -0.39 is 70.2 Å². The fourth-order valence-electron chi connectivity index (χ4n) is 7.68. The van der Waals surface area contributed by atoms with E-state index in [1.807, 2.05) is 13.8 Å². The van der Waals surface area contributed by atoms with Gasteiger partial charge in [0.2, 0.25) is 10.9 Å². The van der Waals surface area contributed by atoms with Crippen LogP contribution in [0.4, 0.5) is 17.6 Å². The highest BCUT2D eigenvalue weighted by Crippen LogP contribution is 2.31. The molecule has 2 aromatic heterocycles. The van der Waals surface area contributed by atoms with Crippen molar-refractivity contribution in [3.8, 4) is 11.5 Å². The van der Waals surface area contributed by atoms with Crippen LogP contribution in [0.1, 0.15) is 73.1 Å². The molecule has 4 aliphatic rings. The first kappa shape index (κ1) is 42.6. The Bertz CT molecular complexity index is 2570. The predicted molar refractivity (Wildman–Crippen MR) is 205 cm³/mol. The number of carbonyl (C=O) groups is 4. The Hall–Kier alpha value is -6.54. The van der Waals surface area contributed by atoms with Crippen molar-refractivity contribution in [2.45, 2.75) is 71.0 Å². The zero-order valence-corrected chi connectivity index (χ0v) is 33.3. The third-order valence-corrected chi connectivity index (χ3v) is 10.8. The molecule has 0 aliphatic carbocycles. The highest BCUT2D eigenvalue weighted by Gasteiger charge is 2.44. The van der Waals surface area contributed by atoms with E-state index in [-0.39, 0.29) is 83.4 Å². The van der Waals surface area contributed by atoms with Gasteiger partial charge in [-0.15, -0.1) is 0 Å². The molecule has 2 N–H and O–H groups in total. The second kappa shape index (κ2) is 17.2. The number of ether oxygens (including phenoxy) is 4. The Balaban J connectivity index is 0.000000184. The van der Waals surface area contributed by atoms with Crippen molar-refractivity contribution in [2.75, 3.05) is 27.4 Å². The van der Waals surface area contributed by atoms with Gasteiger partial charge < -0.3 is 48.5 Å². The first-order chi connectivity index (χ1) is 29.1. The summed E-state index contributed by atoms with van der Waals surface area (Å²) in [6.07, 6.45) is 2.22. The van der Waals surface area contributed by atoms with Crippen LogP contribution in [0, 0.1) is 23.3 Å². The number of benzene rings is 2. The van der Waals surface area contributed by atoms with Crippen molar-refractivity contribution in [1.29, 1.82) is 0 Å². The monoisotopic (exact) mass is 852 g/mol. The summed E-state index contributed by atoms with van der Waals surface area (Å²) in [7, 11) is 2.50. The van der Waals surface area contributed by atoms with Gasteiger partial charge in [-0.2, -0.15) is 0 Å². The molecule has 4 atom stereocenters. The molecule has 4 amide bonds. The lowest BCUT2D eigenvalue weighted by Gasteiger charge is -2.44. The molecule has 61 heavy (non-hydrogen) atoms. The Labute approximate surface area is 344 Å². The van der Waals surface area contributed by atoms with Gasteiger partial charge in [0.1, 0.15) is 34.4 Å². The second-order valence-electron chi connectivity index (χ2n) is 14.7. The minimum absolute atomic E-state index is 0.0530. The van der Waals surface area contributed by atoms with E-state index in [4.69, 9.17) is 18.9 Å². The lowest BCUT2D eigenvalue weighted by Crippen LogP contribution is -2.57. The number of nitrogens with one attached hydrogen (secondary N) is 2. The second-order valence-corrected chi connectivity index (χ2v) is 14.7. The van der Waals surface area contributed by atoms with Gasteiger partial charge in [0, 0.05) is 54.8 Å². The summed E-state index contributed by atoms with van der Waals surface area (Å²) in [6, 6.07) is 5.76. The summed E-state index contributed by atoms with van der Waals surface area (Å²) in [6.45, 7) is 4.59. The topological polar surface area (TPSA) is 180 Å². The molecule has 4 aliphatic heterocycles. The fraction of sp³-hybridized carbons (Fsp3) is 0.366. The molecule has 2 fully saturated rings. The average Bonchev–Trinajstić information content (AvgIpc) is 3.60. The number of amides is 4. The number of hydrogen-bond donors (Lipinski definition) is 2. The maximum absolute atomic E-state index is 13.8. The van der Waals surface area contributed by atoms with Crippen LogP contribution in [-0.2, 0) is 35.7 Å². The van der Waals surface area contributed by atoms with Crippen LogP contribution < -0.4 is 31.0 Å². The molecule has 6 heterocycles. The zero-order valence-electron chi connectivity index (χ0n) is 33.3. The number of carbonyl (C=O) groups excluding carboxylic acids is 4. The van der Waals surface area contributed by atoms with Crippen molar-refractivity contribution in [2.24, 2.45) is 0 Å². The van der Waals surface area contributed by atoms with Crippen LogP contribution in [0.2, 0.25) is 0 Å². The molecule has 0 bridgehead atoms. The van der Waals surface area contributed by atoms with Crippen molar-refractivity contribution < 1.29 is 55.7 Å². The smallest absolute Gasteiger partial charge is 0.276 e. The van der Waals surface area contributed by atoms with E-state index in [1.54, 1.807) is 9.80 Å². The highest BCUT2D eigenvalue weighted by molar-refractivity contribution is 6.00. The molecule has 20 heteroatoms. The number of aromatic nitrogens is 2. The number of methoxy groups -OCH3 is 2. The number of rotatable bonds is 8. The minimum Gasteiger partial charge on any atom is -0.491 e. The molecule has 2 aromatic carbocycles. The summed E-state index contributed by atoms with van der Waals surface area (Å²) in [5, 5.41) is 4.89. The highest BCUT2D eigenvalue weighted by atomic mass is 19.1. The molecule has 2 saturated heterocycles. The Morgan fingerprint density at radius 1 is 0.689 bits per heavy atom. The van der Waals surface area contributed by atoms with E-state index in [0.29, 0.717) is 31.8 Å². The van der Waals surface area contributed by atoms with Gasteiger partial charge in [0.25, 0.3) is 23.6 Å². The number of halogens is 4. The van der Waals surface area contributed by atoms with Crippen molar-refractivity contribution in [1.82, 2.24) is 29.6 Å². The van der Waals surface area contributed by atoms with Crippen LogP contribution in [0.5, 0.6) is 11.5 Å². The summed E-state index contributed by atoms with van der Waals surface area (Å²) in [5.41, 5.74) is -1.77. The van der Waals surface area contributed by atoms with Crippen molar-refractivity contribution in [3.63, 3.8) is 0 Å². The summed E-state index contributed by atoms with van der Waals surface area (Å²) in [5.74, 6) is -5.92. The van der Waals surface area contributed by atoms with Gasteiger partial charge in [-0.1, -0.05) is 12.1 Å². The number of fused-ring (bicyclic) bond motifs is 4. The molecule has 0 spiro atoms. The third kappa shape index (κ3) is 8.07. The average molecular weight is 853 g/mol. The maximum atomic E-state index is 13.8. The van der Waals surface area contributed by atoms with Crippen LogP contribution >= 0.6 is 0 Å². The van der Waals surface area contributed by atoms with E-state index >= 15 is 0 Å². The van der Waals surface area contributed by atoms with Gasteiger partial charge in [-0.05, 0) is 32.4 Å². The van der Waals surface area contributed by atoms with E-state index in [1.165, 1.54) is 47.9 Å². The first-order valence-corrected chi connectivity index (χ1v) is 19.1. The number of pyridine rings is 2. The van der Waals surface area contributed by atoms with Gasteiger partial charge in [0.05, 0.1) is 46.6 Å². The van der Waals surface area contributed by atoms with Crippen LogP contribution in [0.3, 0.4) is 0 Å². The lowest BCUT2D eigenvalue weighted by molar-refractivity contribution is -0.112. The molecule has 0 radical (unpaired) electrons. The Morgan fingerprint density at radius 3 is 1.57 bits per heavy atom. The SMILES string of the molecule is COc1c2n(cc(C(=O)NCc3ccc(F)cc3F)c1=O)C[C@@H]1OCC[C@@H](C)N1C2=O.COc1c2n(cc(C(=O)NCc3ccc(F)cc3F)c1=O)C[C@H]1OC[C@H](C)N1C2=O. The van der Waals surface area contributed by atoms with Crippen LogP contribution in [0.25, 0.3) is 0 Å². The van der Waals surface area contributed by atoms with E-state index in [9.17, 15) is 46.3 Å². The molecule has 4 aromatic rings. The molecule has 0 unspecified atom stereocenters. The summed E-state index contributed by atoms with van der Waals surface area (Å²) in [4.78, 5) is 80.2. The molecule has 16 nitrogen and oxygen atoms in total. The zero-order chi connectivity index (χ0) is 43.9. The van der Waals surface area contributed by atoms with Gasteiger partial charge in [-0.3, -0.25) is 28.8 Å². The fourth-order valence-corrected chi connectivity index (χ4v) is 7.68. The molecule has 8 rings (SSSR count). The quantitative estimate of drug-likeness (QED) is 0.251. The molecule has 0 saturated carbocycles. The lowest BCUT2D eigenvalue weighted by atomic mass is 10.1. The van der Waals surface area contributed by atoms with E-state index in [0.717, 1.165) is 12.1 Å². The standard InChI is InChI=1S/C21H21F2N3O5.C20H19F2N3O5/c1-11-5-6-31-16-10-25-9-14(18(27)19(30-2)17(25)21(29)26(11)16)20(28)24-8-12-3-4-13(22)7-15(12)23;1-10-9-30-15-8-24-7-13(17(26)18(29-2)16(24)20(28)25(10)15)19(27)23-6-11-3-4-12(21)5-14(11)22/h3-4,7,9,11,16H,5-6,8,10H2,1-2H3,(H,24,28);3-5,7,10,15H,6,8-9H2,1-2H3,(H,23,27)/t11-,16+;10-,15+/m10/s1. The summed E-state index contributed by atoms with van der Waals surface area (Å²) >= 11 is 0. The number of nitrogens with zero attached hydrogens (tertiary/aromatic N) is 4. The predicted octanol–water partition coefficient (Wildman–Crippen LogP) is 2.92. The Kier molecular flexibility index (Phi) is 12.0. The van der Waals surface area contributed by atoms with E-state index in [2.05, 4.69) is 10.6 Å². The van der Waals surface area contributed by atoms with Crippen molar-refractivity contribution >= 4 is 23.6 Å². The molecule has 322 valence electrons. The molecular formula is C41H40F4N6O10. The normalized spacial score (nSPS) is 20.1. The summed E-state index contributed by atoms with van der Waals surface area (Å²) < 4.78 is 78.4. The minimum atomic E-state index is -0.812. The van der Waals surface area contributed by atoms with Gasteiger partial charge in [-0.25, -0.2) is 17.6 Å². The third-order valence-electron chi connectivity index (χ3n) is 10.8. The molecular weight excluding hydrogens is 812 g/mol. The van der Waals surface area contributed by atoms with Crippen molar-refractivity contribution in [3.05, 3.63) is 126 Å². The van der Waals surface area contributed by atoms with Crippen LogP contribution in [0.15, 0.2) is 58.4 Å².